The highest BCUT2D eigenvalue weighted by molar-refractivity contribution is 7.89. The van der Waals surface area contributed by atoms with Crippen LogP contribution in [0.3, 0.4) is 0 Å². The van der Waals surface area contributed by atoms with Crippen LogP contribution in [-0.2, 0) is 32.3 Å². The van der Waals surface area contributed by atoms with Crippen molar-refractivity contribution in [1.82, 2.24) is 4.31 Å². The summed E-state index contributed by atoms with van der Waals surface area (Å²) in [5.41, 5.74) is -0.164. The molecule has 0 spiro atoms. The van der Waals surface area contributed by atoms with Gasteiger partial charge in [0.25, 0.3) is 0 Å². The summed E-state index contributed by atoms with van der Waals surface area (Å²) >= 11 is 0. The van der Waals surface area contributed by atoms with Crippen molar-refractivity contribution >= 4 is 16.0 Å². The van der Waals surface area contributed by atoms with Crippen molar-refractivity contribution < 1.29 is 31.1 Å². The predicted molar refractivity (Wildman–Crippen MR) is 99.2 cm³/mol. The summed E-state index contributed by atoms with van der Waals surface area (Å²) in [5, 5.41) is 0. The van der Waals surface area contributed by atoms with Crippen LogP contribution in [0, 0.1) is 0 Å². The van der Waals surface area contributed by atoms with Crippen LogP contribution in [0.2, 0.25) is 0 Å². The van der Waals surface area contributed by atoms with Crippen LogP contribution in [0.1, 0.15) is 30.4 Å². The molecule has 156 valence electrons. The van der Waals surface area contributed by atoms with E-state index in [4.69, 9.17) is 4.74 Å². The Kier molecular flexibility index (Phi) is 6.28. The van der Waals surface area contributed by atoms with Crippen molar-refractivity contribution in [3.8, 4) is 0 Å². The summed E-state index contributed by atoms with van der Waals surface area (Å²) in [6.07, 6.45) is -3.04. The molecule has 9 heteroatoms. The van der Waals surface area contributed by atoms with Crippen molar-refractivity contribution in [2.24, 2.45) is 0 Å². The molecule has 0 amide bonds. The topological polar surface area (TPSA) is 63.7 Å². The zero-order valence-corrected chi connectivity index (χ0v) is 16.2. The third kappa shape index (κ3) is 4.97. The molecule has 3 rings (SSSR count). The van der Waals surface area contributed by atoms with Gasteiger partial charge in [0.1, 0.15) is 12.6 Å². The molecule has 0 bridgehead atoms. The van der Waals surface area contributed by atoms with Crippen molar-refractivity contribution in [3.05, 3.63) is 65.7 Å². The molecule has 0 saturated carbocycles. The van der Waals surface area contributed by atoms with Gasteiger partial charge < -0.3 is 4.74 Å². The highest BCUT2D eigenvalue weighted by atomic mass is 32.2. The van der Waals surface area contributed by atoms with Gasteiger partial charge in [0.15, 0.2) is 0 Å². The number of hydrogen-bond acceptors (Lipinski definition) is 4. The smallest absolute Gasteiger partial charge is 0.416 e. The second-order valence-electron chi connectivity index (χ2n) is 6.74. The maximum atomic E-state index is 13.0. The summed E-state index contributed by atoms with van der Waals surface area (Å²) in [4.78, 5) is 12.3. The molecule has 1 fully saturated rings. The predicted octanol–water partition coefficient (Wildman–Crippen LogP) is 3.99. The van der Waals surface area contributed by atoms with Gasteiger partial charge in [0, 0.05) is 6.54 Å². The average molecular weight is 427 g/mol. The van der Waals surface area contributed by atoms with Gasteiger partial charge in [-0.1, -0.05) is 30.3 Å². The van der Waals surface area contributed by atoms with E-state index in [9.17, 15) is 26.4 Å². The number of hydrogen-bond donors (Lipinski definition) is 0. The van der Waals surface area contributed by atoms with Gasteiger partial charge in [-0.2, -0.15) is 17.5 Å². The number of carbonyl (C=O) groups excluding carboxylic acids is 1. The molecule has 5 nitrogen and oxygen atoms in total. The summed E-state index contributed by atoms with van der Waals surface area (Å²) < 4.78 is 70.5. The van der Waals surface area contributed by atoms with Crippen LogP contribution >= 0.6 is 0 Å². The molecule has 0 N–H and O–H groups in total. The molecule has 0 radical (unpaired) electrons. The standard InChI is InChI=1S/C20H20F3NO4S/c21-20(22,23)16-9-11-17(12-10-16)29(26,27)24-13-5-4-8-18(24)19(25)28-14-15-6-2-1-3-7-15/h1-3,6-7,9-12,18H,4-5,8,13-14H2. The molecule has 1 atom stereocenters. The van der Waals surface area contributed by atoms with E-state index in [2.05, 4.69) is 0 Å². The number of esters is 1. The van der Waals surface area contributed by atoms with Gasteiger partial charge in [0.2, 0.25) is 10.0 Å². The minimum absolute atomic E-state index is 0.0182. The Morgan fingerprint density at radius 3 is 2.31 bits per heavy atom. The van der Waals surface area contributed by atoms with Crippen molar-refractivity contribution in [2.45, 2.75) is 43.0 Å². The zero-order valence-electron chi connectivity index (χ0n) is 15.4. The number of rotatable bonds is 5. The fourth-order valence-electron chi connectivity index (χ4n) is 3.20. The van der Waals surface area contributed by atoms with Gasteiger partial charge in [-0.05, 0) is 49.1 Å². The molecule has 0 aliphatic carbocycles. The molecule has 1 aliphatic heterocycles. The first-order valence-electron chi connectivity index (χ1n) is 9.09. The second-order valence-corrected chi connectivity index (χ2v) is 8.63. The van der Waals surface area contributed by atoms with E-state index in [1.165, 1.54) is 0 Å². The van der Waals surface area contributed by atoms with E-state index in [1.807, 2.05) is 6.07 Å². The Morgan fingerprint density at radius 1 is 1.03 bits per heavy atom. The Bertz CT molecular complexity index is 944. The average Bonchev–Trinajstić information content (AvgIpc) is 2.72. The lowest BCUT2D eigenvalue weighted by molar-refractivity contribution is -0.150. The van der Waals surface area contributed by atoms with Gasteiger partial charge in [-0.3, -0.25) is 4.79 Å². The molecule has 2 aromatic carbocycles. The number of ether oxygens (including phenoxy) is 1. The highest BCUT2D eigenvalue weighted by Gasteiger charge is 2.39. The first-order chi connectivity index (χ1) is 13.7. The van der Waals surface area contributed by atoms with Crippen molar-refractivity contribution in [1.29, 1.82) is 0 Å². The SMILES string of the molecule is O=C(OCc1ccccc1)C1CCCCN1S(=O)(=O)c1ccc(C(F)(F)F)cc1. The van der Waals surface area contributed by atoms with E-state index < -0.39 is 33.8 Å². The van der Waals surface area contributed by atoms with Crippen molar-refractivity contribution in [3.63, 3.8) is 0 Å². The molecule has 1 heterocycles. The van der Waals surface area contributed by atoms with Gasteiger partial charge in [-0.25, -0.2) is 8.42 Å². The highest BCUT2D eigenvalue weighted by Crippen LogP contribution is 2.31. The van der Waals surface area contributed by atoms with Crippen LogP contribution in [0.15, 0.2) is 59.5 Å². The van der Waals surface area contributed by atoms with Crippen LogP contribution in [0.25, 0.3) is 0 Å². The first-order valence-corrected chi connectivity index (χ1v) is 10.5. The van der Waals surface area contributed by atoms with E-state index in [0.29, 0.717) is 19.3 Å². The molecule has 1 unspecified atom stereocenters. The number of piperidine rings is 1. The third-order valence-electron chi connectivity index (χ3n) is 4.74. The van der Waals surface area contributed by atoms with Crippen LogP contribution < -0.4 is 0 Å². The zero-order chi connectivity index (χ0) is 21.1. The number of halogens is 3. The number of nitrogens with zero attached hydrogens (tertiary/aromatic N) is 1. The molecule has 2 aromatic rings. The fourth-order valence-corrected chi connectivity index (χ4v) is 4.85. The number of alkyl halides is 3. The third-order valence-corrected chi connectivity index (χ3v) is 6.66. The van der Waals surface area contributed by atoms with Crippen LogP contribution in [0.5, 0.6) is 0 Å². The fraction of sp³-hybridized carbons (Fsp3) is 0.350. The van der Waals surface area contributed by atoms with Gasteiger partial charge in [-0.15, -0.1) is 0 Å². The molecule has 1 saturated heterocycles. The summed E-state index contributed by atoms with van der Waals surface area (Å²) in [6.45, 7) is 0.124. The molecule has 0 aromatic heterocycles. The lowest BCUT2D eigenvalue weighted by Gasteiger charge is -2.33. The summed E-state index contributed by atoms with van der Waals surface area (Å²) in [5.74, 6) is -0.663. The summed E-state index contributed by atoms with van der Waals surface area (Å²) in [6, 6.07) is 11.3. The minimum Gasteiger partial charge on any atom is -0.460 e. The lowest BCUT2D eigenvalue weighted by Crippen LogP contribution is -2.48. The molecular weight excluding hydrogens is 407 g/mol. The Labute approximate surface area is 167 Å². The largest absolute Gasteiger partial charge is 0.460 e. The maximum absolute atomic E-state index is 13.0. The van der Waals surface area contributed by atoms with E-state index in [0.717, 1.165) is 34.1 Å². The quantitative estimate of drug-likeness (QED) is 0.677. The van der Waals surface area contributed by atoms with Crippen LogP contribution in [-0.4, -0.2) is 31.3 Å². The first kappa shape index (κ1) is 21.3. The van der Waals surface area contributed by atoms with Gasteiger partial charge in [0.05, 0.1) is 10.5 Å². The minimum atomic E-state index is -4.56. The Balaban J connectivity index is 1.78. The van der Waals surface area contributed by atoms with E-state index >= 15 is 0 Å². The number of benzene rings is 2. The van der Waals surface area contributed by atoms with Crippen molar-refractivity contribution in [2.75, 3.05) is 6.54 Å². The van der Waals surface area contributed by atoms with Crippen LogP contribution in [0.4, 0.5) is 13.2 Å². The van der Waals surface area contributed by atoms with E-state index in [-0.39, 0.29) is 18.0 Å². The summed E-state index contributed by atoms with van der Waals surface area (Å²) in [7, 11) is -4.14. The maximum Gasteiger partial charge on any atom is 0.416 e. The normalized spacial score (nSPS) is 18.4. The number of sulfonamides is 1. The second kappa shape index (κ2) is 8.54. The van der Waals surface area contributed by atoms with Gasteiger partial charge >= 0.3 is 12.1 Å². The number of carbonyl (C=O) groups is 1. The monoisotopic (exact) mass is 427 g/mol. The lowest BCUT2D eigenvalue weighted by atomic mass is 10.1. The molecular formula is C20H20F3NO4S. The van der Waals surface area contributed by atoms with E-state index in [1.54, 1.807) is 24.3 Å². The Morgan fingerprint density at radius 2 is 1.69 bits per heavy atom. The molecule has 29 heavy (non-hydrogen) atoms. The molecule has 1 aliphatic rings. The Hall–Kier alpha value is -2.39.